The smallest absolute Gasteiger partial charge is 0.0419 e. The highest BCUT2D eigenvalue weighted by atomic mass is 15.0. The Labute approximate surface area is 66.7 Å². The molecular formula is C9H12N2. The van der Waals surface area contributed by atoms with E-state index in [9.17, 15) is 0 Å². The number of hydrogen-bond donors (Lipinski definition) is 1. The molecule has 1 aliphatic rings. The first-order chi connectivity index (χ1) is 5.31. The Kier molecular flexibility index (Phi) is 1.43. The van der Waals surface area contributed by atoms with Gasteiger partial charge in [0.05, 0.1) is 0 Å². The quantitative estimate of drug-likeness (QED) is 0.649. The van der Waals surface area contributed by atoms with Gasteiger partial charge in [0, 0.05) is 17.9 Å². The third kappa shape index (κ3) is 1.03. The van der Waals surface area contributed by atoms with Gasteiger partial charge in [-0.3, -0.25) is 4.98 Å². The average Bonchev–Trinajstić information content (AvgIpc) is 2.02. The molecule has 2 rings (SSSR count). The van der Waals surface area contributed by atoms with Gasteiger partial charge in [0.15, 0.2) is 0 Å². The fourth-order valence-electron chi connectivity index (χ4n) is 1.47. The Morgan fingerprint density at radius 2 is 2.09 bits per heavy atom. The monoisotopic (exact) mass is 148 g/mol. The zero-order valence-electron chi connectivity index (χ0n) is 6.67. The summed E-state index contributed by atoms with van der Waals surface area (Å²) in [6.45, 7) is 3.37. The second-order valence-corrected chi connectivity index (χ2v) is 3.24. The molecule has 1 saturated heterocycles. The first-order valence-corrected chi connectivity index (χ1v) is 3.97. The van der Waals surface area contributed by atoms with Crippen molar-refractivity contribution in [3.63, 3.8) is 0 Å². The third-order valence-corrected chi connectivity index (χ3v) is 2.46. The molecule has 1 aromatic heterocycles. The maximum atomic E-state index is 3.99. The summed E-state index contributed by atoms with van der Waals surface area (Å²) in [5.41, 5.74) is 1.57. The van der Waals surface area contributed by atoms with Crippen molar-refractivity contribution >= 4 is 0 Å². The van der Waals surface area contributed by atoms with E-state index in [0.717, 1.165) is 6.54 Å². The average molecular weight is 148 g/mol. The topological polar surface area (TPSA) is 24.9 Å². The van der Waals surface area contributed by atoms with Crippen LogP contribution in [0.3, 0.4) is 0 Å². The molecule has 1 N–H and O–H groups in total. The van der Waals surface area contributed by atoms with Crippen LogP contribution in [0.15, 0.2) is 24.5 Å². The molecule has 1 atom stereocenters. The molecule has 0 aliphatic carbocycles. The van der Waals surface area contributed by atoms with Gasteiger partial charge in [-0.1, -0.05) is 0 Å². The van der Waals surface area contributed by atoms with E-state index in [-0.39, 0.29) is 5.54 Å². The lowest BCUT2D eigenvalue weighted by Gasteiger charge is -2.40. The summed E-state index contributed by atoms with van der Waals surface area (Å²) in [5, 5.41) is 3.41. The summed E-state index contributed by atoms with van der Waals surface area (Å²) in [5.74, 6) is 0. The minimum atomic E-state index is 0.225. The van der Waals surface area contributed by atoms with E-state index >= 15 is 0 Å². The second kappa shape index (κ2) is 2.31. The molecule has 0 saturated carbocycles. The fourth-order valence-corrected chi connectivity index (χ4v) is 1.47. The lowest BCUT2D eigenvalue weighted by atomic mass is 9.83. The van der Waals surface area contributed by atoms with Crippen LogP contribution in [0, 0.1) is 0 Å². The van der Waals surface area contributed by atoms with Crippen LogP contribution in [0.1, 0.15) is 18.9 Å². The van der Waals surface area contributed by atoms with Crippen molar-refractivity contribution in [2.45, 2.75) is 18.9 Å². The Morgan fingerprint density at radius 1 is 1.45 bits per heavy atom. The second-order valence-electron chi connectivity index (χ2n) is 3.24. The first kappa shape index (κ1) is 6.80. The van der Waals surface area contributed by atoms with Crippen molar-refractivity contribution in [3.8, 4) is 0 Å². The standard InChI is InChI=1S/C9H12N2/c1-9(4-7-11-9)8-2-5-10-6-3-8/h2-3,5-6,11H,4,7H2,1H3. The minimum Gasteiger partial charge on any atom is -0.307 e. The van der Waals surface area contributed by atoms with Gasteiger partial charge in [0.2, 0.25) is 0 Å². The fraction of sp³-hybridized carbons (Fsp3) is 0.444. The summed E-state index contributed by atoms with van der Waals surface area (Å²) in [7, 11) is 0. The highest BCUT2D eigenvalue weighted by Gasteiger charge is 2.32. The molecule has 2 heteroatoms. The third-order valence-electron chi connectivity index (χ3n) is 2.46. The van der Waals surface area contributed by atoms with Crippen molar-refractivity contribution in [1.29, 1.82) is 0 Å². The molecule has 2 nitrogen and oxygen atoms in total. The van der Waals surface area contributed by atoms with Crippen LogP contribution < -0.4 is 5.32 Å². The maximum Gasteiger partial charge on any atom is 0.0419 e. The van der Waals surface area contributed by atoms with Gasteiger partial charge in [-0.25, -0.2) is 0 Å². The van der Waals surface area contributed by atoms with E-state index in [1.165, 1.54) is 12.0 Å². The number of rotatable bonds is 1. The van der Waals surface area contributed by atoms with Crippen molar-refractivity contribution < 1.29 is 0 Å². The number of hydrogen-bond acceptors (Lipinski definition) is 2. The molecule has 1 aromatic rings. The van der Waals surface area contributed by atoms with Gasteiger partial charge in [-0.2, -0.15) is 0 Å². The summed E-state index contributed by atoms with van der Waals surface area (Å²) in [4.78, 5) is 3.99. The lowest BCUT2D eigenvalue weighted by Crippen LogP contribution is -2.51. The first-order valence-electron chi connectivity index (χ1n) is 3.97. The molecule has 11 heavy (non-hydrogen) atoms. The van der Waals surface area contributed by atoms with Gasteiger partial charge in [-0.05, 0) is 37.6 Å². The van der Waals surface area contributed by atoms with Gasteiger partial charge in [0.25, 0.3) is 0 Å². The molecule has 0 aromatic carbocycles. The normalized spacial score (nSPS) is 29.5. The zero-order chi connectivity index (χ0) is 7.73. The zero-order valence-corrected chi connectivity index (χ0v) is 6.67. The number of nitrogens with one attached hydrogen (secondary N) is 1. The predicted octanol–water partition coefficient (Wildman–Crippen LogP) is 1.29. The summed E-state index contributed by atoms with van der Waals surface area (Å²) in [6, 6.07) is 4.15. The van der Waals surface area contributed by atoms with Crippen LogP contribution in [0.2, 0.25) is 0 Å². The van der Waals surface area contributed by atoms with Crippen LogP contribution in [-0.2, 0) is 5.54 Å². The highest BCUT2D eigenvalue weighted by Crippen LogP contribution is 2.29. The SMILES string of the molecule is CC1(c2ccncc2)CCN1. The molecule has 1 unspecified atom stereocenters. The minimum absolute atomic E-state index is 0.225. The number of aromatic nitrogens is 1. The molecule has 0 spiro atoms. The van der Waals surface area contributed by atoms with Crippen molar-refractivity contribution in [2.75, 3.05) is 6.54 Å². The Balaban J connectivity index is 2.29. The van der Waals surface area contributed by atoms with Crippen LogP contribution in [0.25, 0.3) is 0 Å². The van der Waals surface area contributed by atoms with Crippen LogP contribution in [0.4, 0.5) is 0 Å². The summed E-state index contributed by atoms with van der Waals surface area (Å²) in [6.07, 6.45) is 4.93. The highest BCUT2D eigenvalue weighted by molar-refractivity contribution is 5.23. The Hall–Kier alpha value is -0.890. The van der Waals surface area contributed by atoms with Crippen molar-refractivity contribution in [2.24, 2.45) is 0 Å². The van der Waals surface area contributed by atoms with E-state index < -0.39 is 0 Å². The van der Waals surface area contributed by atoms with Gasteiger partial charge >= 0.3 is 0 Å². The molecule has 2 heterocycles. The molecule has 0 bridgehead atoms. The van der Waals surface area contributed by atoms with Gasteiger partial charge in [0.1, 0.15) is 0 Å². The molecule has 58 valence electrons. The Morgan fingerprint density at radius 3 is 2.55 bits per heavy atom. The van der Waals surface area contributed by atoms with Crippen LogP contribution in [0.5, 0.6) is 0 Å². The molecular weight excluding hydrogens is 136 g/mol. The van der Waals surface area contributed by atoms with Crippen LogP contribution >= 0.6 is 0 Å². The number of nitrogens with zero attached hydrogens (tertiary/aromatic N) is 1. The van der Waals surface area contributed by atoms with E-state index in [2.05, 4.69) is 29.4 Å². The number of pyridine rings is 1. The predicted molar refractivity (Wildman–Crippen MR) is 44.2 cm³/mol. The molecule has 1 aliphatic heterocycles. The Bertz CT molecular complexity index is 239. The largest absolute Gasteiger partial charge is 0.307 e. The van der Waals surface area contributed by atoms with Crippen molar-refractivity contribution in [1.82, 2.24) is 10.3 Å². The van der Waals surface area contributed by atoms with Gasteiger partial charge < -0.3 is 5.32 Å². The van der Waals surface area contributed by atoms with E-state index in [1.54, 1.807) is 0 Å². The molecule has 0 radical (unpaired) electrons. The summed E-state index contributed by atoms with van der Waals surface area (Å²) >= 11 is 0. The maximum absolute atomic E-state index is 3.99. The molecule has 1 fully saturated rings. The van der Waals surface area contributed by atoms with Gasteiger partial charge in [-0.15, -0.1) is 0 Å². The summed E-state index contributed by atoms with van der Waals surface area (Å²) < 4.78 is 0. The molecule has 0 amide bonds. The van der Waals surface area contributed by atoms with Crippen molar-refractivity contribution in [3.05, 3.63) is 30.1 Å². The van der Waals surface area contributed by atoms with E-state index in [4.69, 9.17) is 0 Å². The van der Waals surface area contributed by atoms with E-state index in [1.807, 2.05) is 12.4 Å². The van der Waals surface area contributed by atoms with E-state index in [0.29, 0.717) is 0 Å². The lowest BCUT2D eigenvalue weighted by molar-refractivity contribution is 0.236. The van der Waals surface area contributed by atoms with Crippen LogP contribution in [-0.4, -0.2) is 11.5 Å².